The van der Waals surface area contributed by atoms with Crippen molar-refractivity contribution >= 4 is 20.9 Å². The number of sulfone groups is 1. The molecule has 0 aliphatic carbocycles. The highest BCUT2D eigenvalue weighted by atomic mass is 32.2. The van der Waals surface area contributed by atoms with Crippen LogP contribution in [0.15, 0.2) is 41.3 Å². The number of aryl methyl sites for hydroxylation is 1. The lowest BCUT2D eigenvalue weighted by atomic mass is 9.86. The number of hydrogen-bond acceptors (Lipinski definition) is 6. The Hall–Kier alpha value is -2.33. The summed E-state index contributed by atoms with van der Waals surface area (Å²) in [6.07, 6.45) is 8.33. The van der Waals surface area contributed by atoms with Crippen LogP contribution in [0.5, 0.6) is 0 Å². The summed E-state index contributed by atoms with van der Waals surface area (Å²) in [6.45, 7) is 3.88. The lowest BCUT2D eigenvalue weighted by molar-refractivity contribution is -0.100. The van der Waals surface area contributed by atoms with Crippen molar-refractivity contribution < 1.29 is 17.5 Å². The van der Waals surface area contributed by atoms with Crippen LogP contribution in [0, 0.1) is 5.82 Å². The van der Waals surface area contributed by atoms with Gasteiger partial charge in [-0.1, -0.05) is 6.07 Å². The summed E-state index contributed by atoms with van der Waals surface area (Å²) in [5.41, 5.74) is 2.70. The minimum atomic E-state index is -3.28. The average molecular weight is 553 g/mol. The highest BCUT2D eigenvalue weighted by Gasteiger charge is 2.47. The van der Waals surface area contributed by atoms with E-state index >= 15 is 4.39 Å². The van der Waals surface area contributed by atoms with Gasteiger partial charge in [-0.05, 0) is 93.4 Å². The number of nitrogens with zero attached hydrogens (tertiary/aromatic N) is 4. The number of halogens is 1. The summed E-state index contributed by atoms with van der Waals surface area (Å²) < 4.78 is 47.0. The van der Waals surface area contributed by atoms with Crippen LogP contribution in [-0.4, -0.2) is 84.5 Å². The van der Waals surface area contributed by atoms with Crippen molar-refractivity contribution in [3.8, 4) is 11.4 Å². The third-order valence-electron chi connectivity index (χ3n) is 9.84. The van der Waals surface area contributed by atoms with Crippen LogP contribution < -0.4 is 0 Å². The van der Waals surface area contributed by atoms with E-state index in [2.05, 4.69) is 9.80 Å². The second kappa shape index (κ2) is 9.65. The number of imidazole rings is 1. The van der Waals surface area contributed by atoms with E-state index in [0.717, 1.165) is 50.3 Å². The van der Waals surface area contributed by atoms with Crippen molar-refractivity contribution in [2.24, 2.45) is 7.05 Å². The number of ether oxygens (including phenoxy) is 1. The van der Waals surface area contributed by atoms with E-state index in [0.29, 0.717) is 41.0 Å². The summed E-state index contributed by atoms with van der Waals surface area (Å²) >= 11 is 0. The minimum absolute atomic E-state index is 0.172. The fourth-order valence-electron chi connectivity index (χ4n) is 7.75. The molecule has 0 saturated carbocycles. The van der Waals surface area contributed by atoms with E-state index < -0.39 is 9.84 Å². The first kappa shape index (κ1) is 25.6. The fraction of sp³-hybridized carbons (Fsp3) is 0.567. The van der Waals surface area contributed by atoms with E-state index in [1.807, 2.05) is 19.2 Å². The van der Waals surface area contributed by atoms with Crippen molar-refractivity contribution in [2.75, 3.05) is 32.6 Å². The predicted octanol–water partition coefficient (Wildman–Crippen LogP) is 4.36. The Balaban J connectivity index is 1.06. The summed E-state index contributed by atoms with van der Waals surface area (Å²) in [5, 5.41) is 0. The molecule has 4 aliphatic rings. The van der Waals surface area contributed by atoms with Crippen molar-refractivity contribution in [2.45, 2.75) is 73.5 Å². The van der Waals surface area contributed by atoms with Gasteiger partial charge in [0, 0.05) is 37.0 Å². The molecule has 4 fully saturated rings. The Morgan fingerprint density at radius 2 is 1.56 bits per heavy atom. The molecule has 0 spiro atoms. The third kappa shape index (κ3) is 4.42. The molecule has 9 heteroatoms. The Morgan fingerprint density at radius 3 is 2.15 bits per heavy atom. The second-order valence-corrected chi connectivity index (χ2v) is 14.1. The molecule has 208 valence electrons. The number of rotatable bonds is 5. The van der Waals surface area contributed by atoms with Gasteiger partial charge in [-0.25, -0.2) is 17.8 Å². The maximum absolute atomic E-state index is 16.0. The lowest BCUT2D eigenvalue weighted by Gasteiger charge is -2.49. The molecule has 0 N–H and O–H groups in total. The van der Waals surface area contributed by atoms with Gasteiger partial charge in [0.05, 0.1) is 29.7 Å². The molecular formula is C30H37FN4O3S. The maximum Gasteiger partial charge on any atom is 0.175 e. The first-order chi connectivity index (χ1) is 18.8. The number of piperidine rings is 2. The van der Waals surface area contributed by atoms with Gasteiger partial charge in [-0.15, -0.1) is 0 Å². The Bertz CT molecular complexity index is 1480. The fourth-order valence-corrected chi connectivity index (χ4v) is 8.38. The zero-order chi connectivity index (χ0) is 26.9. The van der Waals surface area contributed by atoms with Crippen LogP contribution in [-0.2, 0) is 21.6 Å². The molecule has 7 rings (SSSR count). The topological polar surface area (TPSA) is 67.7 Å². The van der Waals surface area contributed by atoms with E-state index in [1.54, 1.807) is 28.8 Å². The molecule has 1 aromatic heterocycles. The highest BCUT2D eigenvalue weighted by Crippen LogP contribution is 2.42. The second-order valence-electron chi connectivity index (χ2n) is 12.1. The van der Waals surface area contributed by atoms with Gasteiger partial charge in [0.15, 0.2) is 15.7 Å². The molecule has 0 radical (unpaired) electrons. The zero-order valence-electron chi connectivity index (χ0n) is 22.7. The maximum atomic E-state index is 16.0. The summed E-state index contributed by atoms with van der Waals surface area (Å²) in [4.78, 5) is 10.4. The van der Waals surface area contributed by atoms with E-state index in [9.17, 15) is 8.42 Å². The quantitative estimate of drug-likeness (QED) is 0.469. The van der Waals surface area contributed by atoms with Crippen molar-refractivity contribution in [1.29, 1.82) is 0 Å². The third-order valence-corrected chi connectivity index (χ3v) is 11.0. The molecule has 2 unspecified atom stereocenters. The van der Waals surface area contributed by atoms with Gasteiger partial charge >= 0.3 is 0 Å². The summed E-state index contributed by atoms with van der Waals surface area (Å²) in [6, 6.07) is 13.2. The normalized spacial score (nSPS) is 27.3. The Morgan fingerprint density at radius 1 is 0.897 bits per heavy atom. The first-order valence-electron chi connectivity index (χ1n) is 14.3. The van der Waals surface area contributed by atoms with Gasteiger partial charge in [-0.2, -0.15) is 0 Å². The molecule has 0 amide bonds. The van der Waals surface area contributed by atoms with Gasteiger partial charge in [0.1, 0.15) is 11.3 Å². The van der Waals surface area contributed by atoms with E-state index in [-0.39, 0.29) is 16.6 Å². The van der Waals surface area contributed by atoms with Crippen molar-refractivity contribution in [1.82, 2.24) is 19.4 Å². The minimum Gasteiger partial charge on any atom is -0.378 e. The van der Waals surface area contributed by atoms with Gasteiger partial charge in [0.2, 0.25) is 0 Å². The van der Waals surface area contributed by atoms with Crippen molar-refractivity contribution in [3.63, 3.8) is 0 Å². The predicted molar refractivity (Wildman–Crippen MR) is 149 cm³/mol. The first-order valence-corrected chi connectivity index (χ1v) is 16.2. The molecular weight excluding hydrogens is 515 g/mol. The van der Waals surface area contributed by atoms with Gasteiger partial charge in [0.25, 0.3) is 0 Å². The Kier molecular flexibility index (Phi) is 6.34. The Labute approximate surface area is 229 Å². The number of fused-ring (bicyclic) bond motifs is 3. The highest BCUT2D eigenvalue weighted by molar-refractivity contribution is 7.90. The van der Waals surface area contributed by atoms with Crippen LogP contribution in [0.3, 0.4) is 0 Å². The number of hydrogen-bond donors (Lipinski definition) is 0. The molecule has 7 nitrogen and oxygen atoms in total. The SMILES string of the molecule is Cn1c(-c2ccc(S(C)(=O)=O)cc2)nc2ccc(C3CCN(C4CC5CCC(C4)N5C4COC4)CC3)c(F)c21. The molecule has 39 heavy (non-hydrogen) atoms. The van der Waals surface area contributed by atoms with E-state index in [4.69, 9.17) is 9.72 Å². The molecule has 4 aliphatic heterocycles. The number of benzene rings is 2. The zero-order valence-corrected chi connectivity index (χ0v) is 23.5. The van der Waals surface area contributed by atoms with Crippen LogP contribution in [0.25, 0.3) is 22.4 Å². The smallest absolute Gasteiger partial charge is 0.175 e. The van der Waals surface area contributed by atoms with Gasteiger partial charge < -0.3 is 14.2 Å². The lowest BCUT2D eigenvalue weighted by Crippen LogP contribution is -2.59. The number of aromatic nitrogens is 2. The average Bonchev–Trinajstić information content (AvgIpc) is 3.35. The van der Waals surface area contributed by atoms with Crippen LogP contribution >= 0.6 is 0 Å². The van der Waals surface area contributed by atoms with Gasteiger partial charge in [-0.3, -0.25) is 4.90 Å². The van der Waals surface area contributed by atoms with Crippen LogP contribution in [0.4, 0.5) is 4.39 Å². The van der Waals surface area contributed by atoms with E-state index in [1.165, 1.54) is 31.9 Å². The molecule has 2 aromatic carbocycles. The molecule has 4 saturated heterocycles. The van der Waals surface area contributed by atoms with Crippen molar-refractivity contribution in [3.05, 3.63) is 47.8 Å². The summed E-state index contributed by atoms with van der Waals surface area (Å²) in [7, 11) is -1.44. The largest absolute Gasteiger partial charge is 0.378 e. The summed E-state index contributed by atoms with van der Waals surface area (Å²) in [5.74, 6) is 0.668. The molecule has 2 bridgehead atoms. The monoisotopic (exact) mass is 552 g/mol. The molecule has 5 heterocycles. The molecule has 3 aromatic rings. The number of likely N-dealkylation sites (tertiary alicyclic amines) is 1. The standard InChI is InChI=1S/C30H37FN4O3S/c1-33-29-27(32-30(33)20-3-7-25(8-4-20)39(2,36)37)10-9-26(28(29)31)19-11-13-34(14-12-19)23-15-21-5-6-22(16-23)35(21)24-17-38-18-24/h3-4,7-10,19,21-24H,5-6,11-18H2,1-2H3. The van der Waals surface area contributed by atoms with Crippen LogP contribution in [0.1, 0.15) is 50.0 Å². The molecule has 2 atom stereocenters. The van der Waals surface area contributed by atoms with Crippen LogP contribution in [0.2, 0.25) is 0 Å².